The second-order valence-electron chi connectivity index (χ2n) is 1.79. The van der Waals surface area contributed by atoms with E-state index in [0.717, 1.165) is 0 Å². The maximum atomic E-state index is 8.25. The summed E-state index contributed by atoms with van der Waals surface area (Å²) in [6, 6.07) is 0. The van der Waals surface area contributed by atoms with Crippen LogP contribution in [-0.4, -0.2) is 40.7 Å². The summed E-state index contributed by atoms with van der Waals surface area (Å²) < 4.78 is 0. The van der Waals surface area contributed by atoms with Crippen molar-refractivity contribution in [3.63, 3.8) is 0 Å². The molecule has 192 valence electrons. The molecule has 0 fully saturated rings. The zero-order valence-electron chi connectivity index (χ0n) is 14.4. The fraction of sp³-hybridized carbons (Fsp3) is 0. The van der Waals surface area contributed by atoms with E-state index in [0.29, 0.717) is 0 Å². The second-order valence-corrected chi connectivity index (χ2v) is 1.79. The molecule has 0 radical (unpaired) electrons. The first kappa shape index (κ1) is 63.0. The minimum absolute atomic E-state index is 0. The smallest absolute Gasteiger partial charge is 0.356 e. The maximum Gasteiger partial charge on any atom is 4.00 e. The minimum Gasteiger partial charge on any atom is -0.356 e. The fourth-order valence-electron chi connectivity index (χ4n) is 0. The van der Waals surface area contributed by atoms with Gasteiger partial charge >= 0.3 is 52.0 Å². The Labute approximate surface area is 215 Å². The topological polar surface area (TPSA) is 530 Å². The predicted octanol–water partition coefficient (Wildman–Crippen LogP) is -1.92. The van der Waals surface area contributed by atoms with Crippen LogP contribution in [0.4, 0.5) is 0 Å². The minimum atomic E-state index is -1.75. The van der Waals surface area contributed by atoms with Gasteiger partial charge in [0.25, 0.3) is 0 Å². The van der Waals surface area contributed by atoms with Crippen LogP contribution in [-0.2, 0) is 52.0 Å². The van der Waals surface area contributed by atoms with E-state index in [1.54, 1.807) is 0 Å². The molecule has 0 saturated carbocycles. The number of hydrogen-bond acceptors (Lipinski definition) is 24. The molecular weight excluding hydrogens is 766 g/mol. The molecule has 0 unspecified atom stereocenters. The van der Waals surface area contributed by atoms with E-state index in [2.05, 4.69) is 0 Å². The van der Waals surface area contributed by atoms with Gasteiger partial charge in [0.2, 0.25) is 0 Å². The van der Waals surface area contributed by atoms with Gasteiger partial charge in [0.15, 0.2) is 0 Å². The standard InChI is InChI=1S/Hf.8NO3.Zr/c;8*2-1(3)4;/q+4;8*-1;+4. The molecule has 0 aliphatic heterocycles. The van der Waals surface area contributed by atoms with Crippen molar-refractivity contribution in [3.05, 3.63) is 123 Å². The van der Waals surface area contributed by atoms with Crippen LogP contribution in [0.25, 0.3) is 0 Å². The Morgan fingerprint density at radius 1 is 0.235 bits per heavy atom. The maximum absolute atomic E-state index is 8.25. The first-order valence-corrected chi connectivity index (χ1v) is 4.38. The number of nitrogens with zero attached hydrogens (tertiary/aromatic N) is 8. The van der Waals surface area contributed by atoms with Crippen molar-refractivity contribution in [2.24, 2.45) is 0 Å². The SMILES string of the molecule is O=[N+]([O-])[O-].O=[N+]([O-])[O-].O=[N+]([O-])[O-].O=[N+]([O-])[O-].O=[N+]([O-])[O-].O=[N+]([O-])[O-].O=[N+]([O-])[O-].O=[N+]([O-])[O-].[Hf+4].[Zr+4]. The van der Waals surface area contributed by atoms with E-state index < -0.39 is 40.7 Å². The zero-order chi connectivity index (χ0) is 28.6. The Kier molecular flexibility index (Phi) is 105. The average molecular weight is 766 g/mol. The van der Waals surface area contributed by atoms with Crippen molar-refractivity contribution in [1.29, 1.82) is 0 Å². The molecule has 0 aromatic heterocycles. The predicted molar refractivity (Wildman–Crippen MR) is 82.9 cm³/mol. The summed E-state index contributed by atoms with van der Waals surface area (Å²) in [4.78, 5) is 66.0. The van der Waals surface area contributed by atoms with E-state index >= 15 is 0 Å². The summed E-state index contributed by atoms with van der Waals surface area (Å²) in [7, 11) is 0. The van der Waals surface area contributed by atoms with Crippen molar-refractivity contribution in [2.45, 2.75) is 0 Å². The van der Waals surface area contributed by atoms with Crippen LogP contribution in [0.15, 0.2) is 0 Å². The fourth-order valence-corrected chi connectivity index (χ4v) is 0. The van der Waals surface area contributed by atoms with Crippen LogP contribution >= 0.6 is 0 Å². The Bertz CT molecular complexity index is 367. The molecule has 0 aromatic carbocycles. The third-order valence-corrected chi connectivity index (χ3v) is 0. The summed E-state index contributed by atoms with van der Waals surface area (Å²) in [5.41, 5.74) is 0. The van der Waals surface area contributed by atoms with Crippen LogP contribution in [0, 0.1) is 123 Å². The molecule has 0 saturated heterocycles. The Morgan fingerprint density at radius 2 is 0.235 bits per heavy atom. The van der Waals surface area contributed by atoms with Crippen molar-refractivity contribution in [2.75, 3.05) is 0 Å². The molecule has 0 atom stereocenters. The number of rotatable bonds is 0. The summed E-state index contributed by atoms with van der Waals surface area (Å²) in [6.07, 6.45) is 0. The first-order valence-electron chi connectivity index (χ1n) is 4.38. The van der Waals surface area contributed by atoms with Gasteiger partial charge in [-0.3, -0.25) is 0 Å². The monoisotopic (exact) mass is 766 g/mol. The Balaban J connectivity index is -0.0000000240. The van der Waals surface area contributed by atoms with Crippen LogP contribution in [0.1, 0.15) is 0 Å². The second kappa shape index (κ2) is 56.6. The van der Waals surface area contributed by atoms with Crippen LogP contribution in [0.3, 0.4) is 0 Å². The van der Waals surface area contributed by atoms with Crippen LogP contribution < -0.4 is 0 Å². The van der Waals surface area contributed by atoms with Gasteiger partial charge < -0.3 is 123 Å². The zero-order valence-corrected chi connectivity index (χ0v) is 20.4. The van der Waals surface area contributed by atoms with Gasteiger partial charge in [0.05, 0.1) is 40.7 Å². The van der Waals surface area contributed by atoms with E-state index in [9.17, 15) is 0 Å². The molecule has 0 amide bonds. The van der Waals surface area contributed by atoms with Crippen molar-refractivity contribution < 1.29 is 92.7 Å². The molecule has 0 spiro atoms. The summed E-state index contributed by atoms with van der Waals surface area (Å²) >= 11 is 0. The summed E-state index contributed by atoms with van der Waals surface area (Å²) in [5, 5.41) is 118. The molecular formula is HfN8O24Zr. The van der Waals surface area contributed by atoms with Gasteiger partial charge in [-0.15, -0.1) is 0 Å². The molecule has 34 heavy (non-hydrogen) atoms. The molecule has 0 heterocycles. The molecule has 32 nitrogen and oxygen atoms in total. The van der Waals surface area contributed by atoms with Crippen LogP contribution in [0.2, 0.25) is 0 Å². The van der Waals surface area contributed by atoms with E-state index in [4.69, 9.17) is 123 Å². The first-order chi connectivity index (χ1) is 13.9. The van der Waals surface area contributed by atoms with E-state index in [1.165, 1.54) is 0 Å². The van der Waals surface area contributed by atoms with Gasteiger partial charge in [-0.2, -0.15) is 0 Å². The van der Waals surface area contributed by atoms with E-state index in [1.807, 2.05) is 0 Å². The normalized spacial score (nSPS) is 5.65. The summed E-state index contributed by atoms with van der Waals surface area (Å²) in [5.74, 6) is 0. The molecule has 0 aromatic rings. The molecule has 0 bridgehead atoms. The van der Waals surface area contributed by atoms with Gasteiger partial charge in [-0.05, 0) is 0 Å². The largest absolute Gasteiger partial charge is 4.00 e. The molecule has 0 aliphatic carbocycles. The third-order valence-electron chi connectivity index (χ3n) is 0. The Morgan fingerprint density at radius 3 is 0.235 bits per heavy atom. The van der Waals surface area contributed by atoms with Crippen molar-refractivity contribution >= 4 is 0 Å². The molecule has 0 aliphatic rings. The molecule has 34 heteroatoms. The molecule has 0 N–H and O–H groups in total. The van der Waals surface area contributed by atoms with Crippen molar-refractivity contribution in [1.82, 2.24) is 0 Å². The quantitative estimate of drug-likeness (QED) is 0.147. The summed E-state index contributed by atoms with van der Waals surface area (Å²) in [6.45, 7) is 0. The van der Waals surface area contributed by atoms with Gasteiger partial charge in [0, 0.05) is 0 Å². The van der Waals surface area contributed by atoms with E-state index in [-0.39, 0.29) is 52.0 Å². The van der Waals surface area contributed by atoms with Gasteiger partial charge in [-0.25, -0.2) is 0 Å². The Hall–Kier alpha value is -4.65. The number of hydrogen-bond donors (Lipinski definition) is 0. The third kappa shape index (κ3) is 880. The van der Waals surface area contributed by atoms with Gasteiger partial charge in [-0.1, -0.05) is 0 Å². The van der Waals surface area contributed by atoms with Crippen molar-refractivity contribution in [3.8, 4) is 0 Å². The van der Waals surface area contributed by atoms with Crippen LogP contribution in [0.5, 0.6) is 0 Å². The average Bonchev–Trinajstić information content (AvgIpc) is 2.30. The molecule has 0 rings (SSSR count). The van der Waals surface area contributed by atoms with Gasteiger partial charge in [0.1, 0.15) is 0 Å².